The number of amides is 2. The molecule has 4 aromatic carbocycles. The Balaban J connectivity index is 1.25. The highest BCUT2D eigenvalue weighted by Gasteiger charge is 2.36. The van der Waals surface area contributed by atoms with Gasteiger partial charge in [0.25, 0.3) is 5.91 Å². The Bertz CT molecular complexity index is 1930. The normalized spacial score (nSPS) is 13.9. The molecule has 0 aliphatic carbocycles. The Hall–Kier alpha value is -5.62. The highest BCUT2D eigenvalue weighted by atomic mass is 32.2. The molecule has 49 heavy (non-hydrogen) atoms. The van der Waals surface area contributed by atoms with Gasteiger partial charge in [-0.1, -0.05) is 72.4 Å². The smallest absolute Gasteiger partial charge is 0.253 e. The largest absolute Gasteiger partial charge is 0.497 e. The van der Waals surface area contributed by atoms with Crippen molar-refractivity contribution in [2.45, 2.75) is 30.6 Å². The topological polar surface area (TPSA) is 120 Å². The summed E-state index contributed by atoms with van der Waals surface area (Å²) in [4.78, 5) is 26.8. The van der Waals surface area contributed by atoms with Crippen LogP contribution in [0.4, 0.5) is 0 Å². The minimum atomic E-state index is -0.433. The first kappa shape index (κ1) is 33.3. The zero-order chi connectivity index (χ0) is 34.2. The fourth-order valence-corrected chi connectivity index (χ4v) is 6.50. The number of hydrazone groups is 1. The number of ether oxygens (including phenoxy) is 3. The number of nitrogens with one attached hydrogen (secondary N) is 1. The van der Waals surface area contributed by atoms with Crippen LogP contribution in [0.1, 0.15) is 35.0 Å². The predicted molar refractivity (Wildman–Crippen MR) is 187 cm³/mol. The zero-order valence-corrected chi connectivity index (χ0v) is 28.2. The number of benzene rings is 4. The van der Waals surface area contributed by atoms with Gasteiger partial charge in [0.05, 0.1) is 51.8 Å². The predicted octanol–water partition coefficient (Wildman–Crippen LogP) is 5.62. The van der Waals surface area contributed by atoms with Gasteiger partial charge >= 0.3 is 0 Å². The monoisotopic (exact) mass is 676 g/mol. The molecule has 1 N–H and O–H groups in total. The van der Waals surface area contributed by atoms with Gasteiger partial charge in [0, 0.05) is 17.7 Å². The number of para-hydroxylation sites is 2. The second-order valence-electron chi connectivity index (χ2n) is 11.1. The third kappa shape index (κ3) is 7.60. The highest BCUT2D eigenvalue weighted by Crippen LogP contribution is 2.42. The molecule has 0 fully saturated rings. The number of methoxy groups -OCH3 is 3. The van der Waals surface area contributed by atoms with Gasteiger partial charge in [-0.2, -0.15) is 5.10 Å². The summed E-state index contributed by atoms with van der Waals surface area (Å²) in [6, 6.07) is 32.0. The molecule has 0 unspecified atom stereocenters. The second kappa shape index (κ2) is 15.5. The quantitative estimate of drug-likeness (QED) is 0.160. The van der Waals surface area contributed by atoms with Crippen molar-refractivity contribution in [1.29, 1.82) is 0 Å². The standard InChI is InChI=1S/C37H36N6O5S/c1-46-28-19-17-26(18-20-28)30-22-31(29-15-10-16-32(47-2)36(29)48-3)43(41-30)35(45)24-49-37-40-39-33(42(37)27-13-8-5-9-14-27)23-38-34(44)21-25-11-6-4-7-12-25/h4-20,31H,21-24H2,1-3H3,(H,38,44)/t31-/m0/s1. The average molecular weight is 677 g/mol. The number of rotatable bonds is 13. The van der Waals surface area contributed by atoms with E-state index in [0.29, 0.717) is 28.9 Å². The maximum atomic E-state index is 14.1. The Labute approximate surface area is 288 Å². The number of hydrogen-bond donors (Lipinski definition) is 1. The van der Waals surface area contributed by atoms with Crippen molar-refractivity contribution < 1.29 is 23.8 Å². The molecule has 2 amide bonds. The first-order valence-electron chi connectivity index (χ1n) is 15.7. The van der Waals surface area contributed by atoms with Gasteiger partial charge in [-0.15, -0.1) is 10.2 Å². The highest BCUT2D eigenvalue weighted by molar-refractivity contribution is 7.99. The van der Waals surface area contributed by atoms with E-state index in [0.717, 1.165) is 33.8 Å². The number of aromatic nitrogens is 3. The molecule has 1 atom stereocenters. The van der Waals surface area contributed by atoms with Gasteiger partial charge in [0.2, 0.25) is 5.91 Å². The van der Waals surface area contributed by atoms with E-state index in [-0.39, 0.29) is 30.5 Å². The van der Waals surface area contributed by atoms with E-state index in [1.54, 1.807) is 21.3 Å². The lowest BCUT2D eigenvalue weighted by atomic mass is 9.97. The number of carbonyl (C=O) groups is 2. The molecule has 12 heteroatoms. The lowest BCUT2D eigenvalue weighted by Crippen LogP contribution is -2.29. The molecule has 1 aliphatic heterocycles. The Kier molecular flexibility index (Phi) is 10.5. The fourth-order valence-electron chi connectivity index (χ4n) is 5.67. The van der Waals surface area contributed by atoms with Gasteiger partial charge in [0.15, 0.2) is 22.5 Å². The molecule has 6 rings (SSSR count). The van der Waals surface area contributed by atoms with Crippen LogP contribution in [0.25, 0.3) is 5.69 Å². The second-order valence-corrected chi connectivity index (χ2v) is 12.1. The summed E-state index contributed by atoms with van der Waals surface area (Å²) in [7, 11) is 4.79. The Morgan fingerprint density at radius 1 is 0.837 bits per heavy atom. The molecule has 2 heterocycles. The van der Waals surface area contributed by atoms with Crippen molar-refractivity contribution in [3.8, 4) is 22.9 Å². The van der Waals surface area contributed by atoms with Crippen LogP contribution in [0, 0.1) is 0 Å². The molecule has 1 aliphatic rings. The van der Waals surface area contributed by atoms with Crippen molar-refractivity contribution in [2.24, 2.45) is 5.10 Å². The van der Waals surface area contributed by atoms with Crippen molar-refractivity contribution in [3.05, 3.63) is 126 Å². The average Bonchev–Trinajstić information content (AvgIpc) is 3.78. The van der Waals surface area contributed by atoms with Gasteiger partial charge in [-0.3, -0.25) is 14.2 Å². The summed E-state index contributed by atoms with van der Waals surface area (Å²) >= 11 is 1.26. The number of nitrogens with zero attached hydrogens (tertiary/aromatic N) is 5. The molecule has 250 valence electrons. The van der Waals surface area contributed by atoms with Crippen molar-refractivity contribution in [1.82, 2.24) is 25.1 Å². The maximum absolute atomic E-state index is 14.1. The van der Waals surface area contributed by atoms with E-state index >= 15 is 0 Å². The number of hydrogen-bond acceptors (Lipinski definition) is 9. The third-order valence-corrected chi connectivity index (χ3v) is 8.99. The van der Waals surface area contributed by atoms with Gasteiger partial charge < -0.3 is 19.5 Å². The summed E-state index contributed by atoms with van der Waals surface area (Å²) in [5.41, 5.74) is 4.17. The van der Waals surface area contributed by atoms with E-state index < -0.39 is 6.04 Å². The summed E-state index contributed by atoms with van der Waals surface area (Å²) in [5.74, 6) is 2.08. The van der Waals surface area contributed by atoms with Crippen LogP contribution in [-0.4, -0.2) is 64.4 Å². The van der Waals surface area contributed by atoms with Crippen LogP contribution < -0.4 is 19.5 Å². The van der Waals surface area contributed by atoms with Crippen LogP contribution in [0.3, 0.4) is 0 Å². The third-order valence-electron chi connectivity index (χ3n) is 8.07. The summed E-state index contributed by atoms with van der Waals surface area (Å²) < 4.78 is 18.5. The van der Waals surface area contributed by atoms with Gasteiger partial charge in [-0.05, 0) is 53.6 Å². The lowest BCUT2D eigenvalue weighted by Gasteiger charge is -2.24. The maximum Gasteiger partial charge on any atom is 0.253 e. The summed E-state index contributed by atoms with van der Waals surface area (Å²) in [6.45, 7) is 0.168. The Morgan fingerprint density at radius 3 is 2.27 bits per heavy atom. The molecule has 11 nitrogen and oxygen atoms in total. The molecular formula is C37H36N6O5S. The first-order chi connectivity index (χ1) is 24.0. The molecule has 0 saturated carbocycles. The minimum Gasteiger partial charge on any atom is -0.497 e. The van der Waals surface area contributed by atoms with E-state index in [1.807, 2.05) is 108 Å². The van der Waals surface area contributed by atoms with Gasteiger partial charge in [0.1, 0.15) is 5.75 Å². The minimum absolute atomic E-state index is 0.0352. The van der Waals surface area contributed by atoms with Crippen LogP contribution in [0.2, 0.25) is 0 Å². The van der Waals surface area contributed by atoms with Crippen molar-refractivity contribution >= 4 is 29.3 Å². The molecule has 0 saturated heterocycles. The summed E-state index contributed by atoms with van der Waals surface area (Å²) in [6.07, 6.45) is 0.726. The molecule has 0 bridgehead atoms. The van der Waals surface area contributed by atoms with Crippen LogP contribution in [0.15, 0.2) is 113 Å². The molecular weight excluding hydrogens is 641 g/mol. The van der Waals surface area contributed by atoms with Crippen LogP contribution in [-0.2, 0) is 22.6 Å². The zero-order valence-electron chi connectivity index (χ0n) is 27.4. The van der Waals surface area contributed by atoms with E-state index in [2.05, 4.69) is 15.5 Å². The SMILES string of the molecule is COc1ccc(C2=NN(C(=O)CSc3nnc(CNC(=O)Cc4ccccc4)n3-c3ccccc3)[C@H](c3cccc(OC)c3OC)C2)cc1. The molecule has 5 aromatic rings. The molecule has 0 radical (unpaired) electrons. The van der Waals surface area contributed by atoms with Crippen LogP contribution >= 0.6 is 11.8 Å². The van der Waals surface area contributed by atoms with E-state index in [1.165, 1.54) is 16.8 Å². The Morgan fingerprint density at radius 2 is 1.57 bits per heavy atom. The molecule has 1 aromatic heterocycles. The molecule has 0 spiro atoms. The number of carbonyl (C=O) groups excluding carboxylic acids is 2. The van der Waals surface area contributed by atoms with Crippen molar-refractivity contribution in [2.75, 3.05) is 27.1 Å². The first-order valence-corrected chi connectivity index (χ1v) is 16.7. The van der Waals surface area contributed by atoms with Crippen LogP contribution in [0.5, 0.6) is 17.2 Å². The van der Waals surface area contributed by atoms with E-state index in [9.17, 15) is 9.59 Å². The number of thioether (sulfide) groups is 1. The summed E-state index contributed by atoms with van der Waals surface area (Å²) in [5, 5.41) is 18.7. The lowest BCUT2D eigenvalue weighted by molar-refractivity contribution is -0.130. The van der Waals surface area contributed by atoms with Crippen molar-refractivity contribution in [3.63, 3.8) is 0 Å². The fraction of sp³-hybridized carbons (Fsp3) is 0.216. The van der Waals surface area contributed by atoms with E-state index in [4.69, 9.17) is 19.3 Å². The van der Waals surface area contributed by atoms with Gasteiger partial charge in [-0.25, -0.2) is 5.01 Å².